The van der Waals surface area contributed by atoms with Gasteiger partial charge in [-0.05, 0) is 0 Å². The molecule has 0 aliphatic carbocycles. The molecule has 0 atom stereocenters. The summed E-state index contributed by atoms with van der Waals surface area (Å²) < 4.78 is 0. The predicted molar refractivity (Wildman–Crippen MR) is 63.6 cm³/mol. The lowest BCUT2D eigenvalue weighted by molar-refractivity contribution is -0.0480. The standard InChI is InChI=1S/C8H16N6O5/c1-13(8(15)16)6-9-5(12-17-2)10-7(11-6)14(18-3)19-4/h8,15-16H,1-4H3,(H,9,10,11,12). The fourth-order valence-electron chi connectivity index (χ4n) is 1.07. The number of hydrogen-bond donors (Lipinski definition) is 3. The van der Waals surface area contributed by atoms with Gasteiger partial charge in [-0.2, -0.15) is 15.0 Å². The van der Waals surface area contributed by atoms with Crippen LogP contribution in [0.15, 0.2) is 0 Å². The molecule has 1 aromatic rings. The smallest absolute Gasteiger partial charge is 0.284 e. The van der Waals surface area contributed by atoms with Crippen LogP contribution in [0.3, 0.4) is 0 Å². The van der Waals surface area contributed by atoms with Gasteiger partial charge in [-0.3, -0.25) is 9.74 Å². The number of aromatic nitrogens is 3. The van der Waals surface area contributed by atoms with Crippen molar-refractivity contribution in [1.29, 1.82) is 0 Å². The van der Waals surface area contributed by atoms with E-state index in [0.29, 0.717) is 0 Å². The molecule has 0 spiro atoms. The van der Waals surface area contributed by atoms with Gasteiger partial charge in [0.25, 0.3) is 11.9 Å². The molecule has 0 aliphatic heterocycles. The van der Waals surface area contributed by atoms with Crippen molar-refractivity contribution in [2.24, 2.45) is 0 Å². The SMILES string of the molecule is CONc1nc(N(OC)OC)nc(N(C)C(O)O)n1. The Kier molecular flexibility index (Phi) is 5.59. The van der Waals surface area contributed by atoms with Gasteiger partial charge in [-0.1, -0.05) is 5.23 Å². The fourth-order valence-corrected chi connectivity index (χ4v) is 1.07. The van der Waals surface area contributed by atoms with Crippen molar-refractivity contribution < 1.29 is 24.7 Å². The highest BCUT2D eigenvalue weighted by molar-refractivity contribution is 5.41. The number of hydrogen-bond acceptors (Lipinski definition) is 11. The van der Waals surface area contributed by atoms with Crippen LogP contribution in [0.2, 0.25) is 0 Å². The number of nitrogens with zero attached hydrogens (tertiary/aromatic N) is 5. The summed E-state index contributed by atoms with van der Waals surface area (Å²) in [5.74, 6) is -0.00481. The molecular formula is C8H16N6O5. The average Bonchev–Trinajstić information content (AvgIpc) is 2.39. The lowest BCUT2D eigenvalue weighted by Crippen LogP contribution is -2.33. The molecular weight excluding hydrogens is 260 g/mol. The molecule has 0 radical (unpaired) electrons. The molecule has 0 bridgehead atoms. The Labute approximate surface area is 109 Å². The first-order valence-electron chi connectivity index (χ1n) is 5.05. The van der Waals surface area contributed by atoms with E-state index in [0.717, 1.165) is 10.1 Å². The maximum absolute atomic E-state index is 9.09. The molecule has 0 saturated heterocycles. The van der Waals surface area contributed by atoms with Gasteiger partial charge in [0, 0.05) is 7.05 Å². The van der Waals surface area contributed by atoms with E-state index < -0.39 is 6.41 Å². The first-order chi connectivity index (χ1) is 9.03. The number of anilines is 3. The summed E-state index contributed by atoms with van der Waals surface area (Å²) in [6, 6.07) is 0. The Morgan fingerprint density at radius 3 is 2.11 bits per heavy atom. The highest BCUT2D eigenvalue weighted by atomic mass is 16.9. The molecule has 1 heterocycles. The molecule has 0 saturated carbocycles. The molecule has 0 aliphatic rings. The van der Waals surface area contributed by atoms with Gasteiger partial charge in [0.15, 0.2) is 0 Å². The van der Waals surface area contributed by atoms with E-state index in [1.54, 1.807) is 0 Å². The minimum Gasteiger partial charge on any atom is -0.351 e. The summed E-state index contributed by atoms with van der Waals surface area (Å²) >= 11 is 0. The van der Waals surface area contributed by atoms with Crippen LogP contribution in [0, 0.1) is 0 Å². The molecule has 11 nitrogen and oxygen atoms in total. The minimum atomic E-state index is -1.77. The van der Waals surface area contributed by atoms with Crippen molar-refractivity contribution in [3.63, 3.8) is 0 Å². The maximum atomic E-state index is 9.09. The summed E-state index contributed by atoms with van der Waals surface area (Å²) in [5.41, 5.74) is 2.40. The molecule has 1 rings (SSSR count). The van der Waals surface area contributed by atoms with Gasteiger partial charge in [-0.15, -0.1) is 0 Å². The molecule has 1 aromatic heterocycles. The molecule has 0 aromatic carbocycles. The monoisotopic (exact) mass is 276 g/mol. The summed E-state index contributed by atoms with van der Waals surface area (Å²) in [6.07, 6.45) is -1.77. The molecule has 108 valence electrons. The van der Waals surface area contributed by atoms with E-state index in [-0.39, 0.29) is 17.8 Å². The topological polar surface area (TPSA) is 125 Å². The quantitative estimate of drug-likeness (QED) is 0.397. The average molecular weight is 276 g/mol. The normalized spacial score (nSPS) is 10.7. The summed E-state index contributed by atoms with van der Waals surface area (Å²) in [4.78, 5) is 27.2. The zero-order chi connectivity index (χ0) is 14.4. The van der Waals surface area contributed by atoms with Crippen LogP contribution in [0.25, 0.3) is 0 Å². The predicted octanol–water partition coefficient (Wildman–Crippen LogP) is -1.52. The van der Waals surface area contributed by atoms with Crippen LogP contribution in [-0.2, 0) is 14.5 Å². The molecule has 0 amide bonds. The Balaban J connectivity index is 3.16. The van der Waals surface area contributed by atoms with E-state index >= 15 is 0 Å². The second-order valence-corrected chi connectivity index (χ2v) is 3.14. The van der Waals surface area contributed by atoms with Crippen LogP contribution in [0.1, 0.15) is 0 Å². The van der Waals surface area contributed by atoms with Crippen LogP contribution in [0.4, 0.5) is 17.8 Å². The van der Waals surface area contributed by atoms with Crippen molar-refractivity contribution in [1.82, 2.24) is 15.0 Å². The first kappa shape index (κ1) is 15.3. The van der Waals surface area contributed by atoms with Crippen molar-refractivity contribution in [3.05, 3.63) is 0 Å². The van der Waals surface area contributed by atoms with Gasteiger partial charge < -0.3 is 10.2 Å². The van der Waals surface area contributed by atoms with E-state index in [2.05, 4.69) is 25.3 Å². The molecule has 0 unspecified atom stereocenters. The Morgan fingerprint density at radius 1 is 1.05 bits per heavy atom. The minimum absolute atomic E-state index is 0.0120. The number of aliphatic hydroxyl groups is 2. The molecule has 3 N–H and O–H groups in total. The zero-order valence-electron chi connectivity index (χ0n) is 10.9. The van der Waals surface area contributed by atoms with E-state index in [1.807, 2.05) is 0 Å². The summed E-state index contributed by atoms with van der Waals surface area (Å²) in [5, 5.41) is 19.1. The molecule has 0 fully saturated rings. The van der Waals surface area contributed by atoms with Crippen LogP contribution < -0.4 is 15.6 Å². The highest BCUT2D eigenvalue weighted by Crippen LogP contribution is 2.16. The number of aliphatic hydroxyl groups excluding tert-OH is 1. The van der Waals surface area contributed by atoms with Gasteiger partial charge in [0.1, 0.15) is 0 Å². The Hall–Kier alpha value is -1.79. The third-order valence-electron chi connectivity index (χ3n) is 1.96. The van der Waals surface area contributed by atoms with Crippen molar-refractivity contribution in [3.8, 4) is 0 Å². The second-order valence-electron chi connectivity index (χ2n) is 3.14. The third-order valence-corrected chi connectivity index (χ3v) is 1.96. The van der Waals surface area contributed by atoms with E-state index in [4.69, 9.17) is 19.9 Å². The van der Waals surface area contributed by atoms with Gasteiger partial charge in [-0.25, -0.2) is 15.2 Å². The van der Waals surface area contributed by atoms with Crippen LogP contribution in [-0.4, -0.2) is 60.0 Å². The summed E-state index contributed by atoms with van der Waals surface area (Å²) in [6.45, 7) is 0. The largest absolute Gasteiger partial charge is 0.351 e. The third kappa shape index (κ3) is 3.84. The van der Waals surface area contributed by atoms with Crippen LogP contribution >= 0.6 is 0 Å². The van der Waals surface area contributed by atoms with Gasteiger partial charge in [0.05, 0.1) is 21.3 Å². The Morgan fingerprint density at radius 2 is 1.63 bits per heavy atom. The van der Waals surface area contributed by atoms with Crippen molar-refractivity contribution in [2.75, 3.05) is 44.0 Å². The van der Waals surface area contributed by atoms with Gasteiger partial charge >= 0.3 is 0 Å². The van der Waals surface area contributed by atoms with Crippen LogP contribution in [0.5, 0.6) is 0 Å². The highest BCUT2D eigenvalue weighted by Gasteiger charge is 2.18. The van der Waals surface area contributed by atoms with Crippen molar-refractivity contribution >= 4 is 17.8 Å². The lowest BCUT2D eigenvalue weighted by atomic mass is 10.7. The maximum Gasteiger partial charge on any atom is 0.284 e. The Bertz CT molecular complexity index is 381. The molecule has 11 heteroatoms. The van der Waals surface area contributed by atoms with Gasteiger partial charge in [0.2, 0.25) is 12.4 Å². The van der Waals surface area contributed by atoms with E-state index in [9.17, 15) is 0 Å². The second kappa shape index (κ2) is 6.96. The van der Waals surface area contributed by atoms with E-state index in [1.165, 1.54) is 28.4 Å². The lowest BCUT2D eigenvalue weighted by Gasteiger charge is -2.21. The first-order valence-corrected chi connectivity index (χ1v) is 5.05. The summed E-state index contributed by atoms with van der Waals surface area (Å²) in [7, 11) is 5.45. The zero-order valence-corrected chi connectivity index (χ0v) is 10.9. The number of nitrogens with one attached hydrogen (secondary N) is 1. The molecule has 19 heavy (non-hydrogen) atoms. The fraction of sp³-hybridized carbons (Fsp3) is 0.625. The van der Waals surface area contributed by atoms with Crippen molar-refractivity contribution in [2.45, 2.75) is 6.41 Å². The number of rotatable bonds is 7.